The molecule has 1 heterocycles. The normalized spacial score (nSPS) is 16.6. The van der Waals surface area contributed by atoms with Crippen molar-refractivity contribution in [1.82, 2.24) is 5.32 Å². The Hall–Kier alpha value is -2.04. The topological polar surface area (TPSA) is 47.6 Å². The molecule has 1 unspecified atom stereocenters. The Morgan fingerprint density at radius 3 is 2.72 bits per heavy atom. The number of carbonyl (C=O) groups excluding carboxylic acids is 1. The molecule has 3 rings (SSSR count). The van der Waals surface area contributed by atoms with Crippen LogP contribution in [0.2, 0.25) is 5.02 Å². The molecule has 5 heteroatoms. The van der Waals surface area contributed by atoms with Gasteiger partial charge in [0.05, 0.1) is 12.5 Å². The van der Waals surface area contributed by atoms with Crippen LogP contribution in [0.4, 0.5) is 0 Å². The lowest BCUT2D eigenvalue weighted by molar-refractivity contribution is -0.120. The summed E-state index contributed by atoms with van der Waals surface area (Å²) in [5.74, 6) is 0.772. The van der Waals surface area contributed by atoms with Crippen LogP contribution in [0.5, 0.6) is 5.75 Å². The van der Waals surface area contributed by atoms with Crippen LogP contribution in [0.25, 0.3) is 0 Å². The third-order valence-electron chi connectivity index (χ3n) is 4.18. The summed E-state index contributed by atoms with van der Waals surface area (Å²) < 4.78 is 11.3. The van der Waals surface area contributed by atoms with Crippen LogP contribution in [0, 0.1) is 0 Å². The Morgan fingerprint density at radius 2 is 2.00 bits per heavy atom. The average Bonchev–Trinajstić information content (AvgIpc) is 3.15. The Balaban J connectivity index is 1.43. The van der Waals surface area contributed by atoms with Gasteiger partial charge in [0.2, 0.25) is 5.91 Å². The van der Waals surface area contributed by atoms with Crippen LogP contribution in [0.1, 0.15) is 24.0 Å². The molecule has 0 spiro atoms. The van der Waals surface area contributed by atoms with E-state index < -0.39 is 0 Å². The maximum absolute atomic E-state index is 12.0. The molecule has 1 aliphatic heterocycles. The second-order valence-electron chi connectivity index (χ2n) is 6.13. The zero-order valence-corrected chi connectivity index (χ0v) is 14.8. The van der Waals surface area contributed by atoms with Crippen molar-refractivity contribution in [2.45, 2.75) is 31.9 Å². The van der Waals surface area contributed by atoms with Gasteiger partial charge in [0, 0.05) is 18.2 Å². The van der Waals surface area contributed by atoms with E-state index in [4.69, 9.17) is 21.1 Å². The van der Waals surface area contributed by atoms with Crippen LogP contribution < -0.4 is 10.1 Å². The minimum absolute atomic E-state index is 0.0493. The lowest BCUT2D eigenvalue weighted by atomic mass is 10.1. The minimum atomic E-state index is -0.0493. The summed E-state index contributed by atoms with van der Waals surface area (Å²) in [7, 11) is 0. The SMILES string of the molecule is O=C(Cc1ccccc1Cl)NCc1ccc(OCC2CCCO2)cc1. The predicted octanol–water partition coefficient (Wildman–Crippen LogP) is 3.76. The van der Waals surface area contributed by atoms with Crippen molar-refractivity contribution >= 4 is 17.5 Å². The molecule has 132 valence electrons. The summed E-state index contributed by atoms with van der Waals surface area (Å²) in [6, 6.07) is 15.1. The first-order valence-electron chi connectivity index (χ1n) is 8.54. The largest absolute Gasteiger partial charge is 0.491 e. The third-order valence-corrected chi connectivity index (χ3v) is 4.55. The highest BCUT2D eigenvalue weighted by atomic mass is 35.5. The summed E-state index contributed by atoms with van der Waals surface area (Å²) in [5, 5.41) is 3.53. The van der Waals surface area contributed by atoms with Gasteiger partial charge in [-0.2, -0.15) is 0 Å². The van der Waals surface area contributed by atoms with Gasteiger partial charge >= 0.3 is 0 Å². The summed E-state index contributed by atoms with van der Waals surface area (Å²) in [6.07, 6.45) is 2.67. The number of hydrogen-bond donors (Lipinski definition) is 1. The summed E-state index contributed by atoms with van der Waals surface area (Å²) in [5.41, 5.74) is 1.86. The number of amides is 1. The van der Waals surface area contributed by atoms with E-state index in [1.165, 1.54) is 0 Å². The number of ether oxygens (including phenoxy) is 2. The van der Waals surface area contributed by atoms with Crippen LogP contribution in [0.15, 0.2) is 48.5 Å². The molecule has 1 fully saturated rings. The smallest absolute Gasteiger partial charge is 0.224 e. The van der Waals surface area contributed by atoms with Gasteiger partial charge in [-0.15, -0.1) is 0 Å². The van der Waals surface area contributed by atoms with E-state index in [-0.39, 0.29) is 18.4 Å². The zero-order valence-electron chi connectivity index (χ0n) is 14.0. The van der Waals surface area contributed by atoms with Gasteiger partial charge < -0.3 is 14.8 Å². The fraction of sp³-hybridized carbons (Fsp3) is 0.350. The highest BCUT2D eigenvalue weighted by Gasteiger charge is 2.15. The highest BCUT2D eigenvalue weighted by molar-refractivity contribution is 6.31. The first-order chi connectivity index (χ1) is 12.2. The monoisotopic (exact) mass is 359 g/mol. The first-order valence-corrected chi connectivity index (χ1v) is 8.92. The van der Waals surface area contributed by atoms with Crippen molar-refractivity contribution < 1.29 is 14.3 Å². The van der Waals surface area contributed by atoms with E-state index in [1.54, 1.807) is 6.07 Å². The third kappa shape index (κ3) is 5.48. The van der Waals surface area contributed by atoms with Gasteiger partial charge in [-0.1, -0.05) is 41.9 Å². The van der Waals surface area contributed by atoms with E-state index in [2.05, 4.69) is 5.32 Å². The van der Waals surface area contributed by atoms with Gasteiger partial charge in [-0.3, -0.25) is 4.79 Å². The molecule has 1 saturated heterocycles. The van der Waals surface area contributed by atoms with Crippen molar-refractivity contribution in [3.05, 3.63) is 64.7 Å². The molecule has 1 atom stereocenters. The van der Waals surface area contributed by atoms with Crippen LogP contribution in [0.3, 0.4) is 0 Å². The first kappa shape index (κ1) is 17.8. The predicted molar refractivity (Wildman–Crippen MR) is 97.9 cm³/mol. The number of nitrogens with one attached hydrogen (secondary N) is 1. The van der Waals surface area contributed by atoms with Crippen LogP contribution in [-0.2, 0) is 22.5 Å². The van der Waals surface area contributed by atoms with Crippen LogP contribution >= 0.6 is 11.6 Å². The van der Waals surface area contributed by atoms with Gasteiger partial charge in [-0.25, -0.2) is 0 Å². The molecule has 25 heavy (non-hydrogen) atoms. The Morgan fingerprint density at radius 1 is 1.20 bits per heavy atom. The van der Waals surface area contributed by atoms with E-state index in [0.717, 1.165) is 36.3 Å². The fourth-order valence-electron chi connectivity index (χ4n) is 2.75. The van der Waals surface area contributed by atoms with Crippen molar-refractivity contribution in [3.63, 3.8) is 0 Å². The molecule has 0 aromatic heterocycles. The van der Waals surface area contributed by atoms with Crippen LogP contribution in [-0.4, -0.2) is 25.2 Å². The number of halogens is 1. The van der Waals surface area contributed by atoms with Gasteiger partial charge in [0.15, 0.2) is 0 Å². The molecule has 1 aliphatic rings. The van der Waals surface area contributed by atoms with E-state index >= 15 is 0 Å². The molecule has 2 aromatic carbocycles. The molecule has 2 aromatic rings. The van der Waals surface area contributed by atoms with Gasteiger partial charge in [-0.05, 0) is 42.2 Å². The number of carbonyl (C=O) groups is 1. The minimum Gasteiger partial charge on any atom is -0.491 e. The average molecular weight is 360 g/mol. The fourth-order valence-corrected chi connectivity index (χ4v) is 2.95. The van der Waals surface area contributed by atoms with Gasteiger partial charge in [0.25, 0.3) is 0 Å². The lowest BCUT2D eigenvalue weighted by Crippen LogP contribution is -2.24. The molecule has 0 radical (unpaired) electrons. The Bertz CT molecular complexity index is 696. The number of rotatable bonds is 7. The van der Waals surface area contributed by atoms with E-state index in [1.807, 2.05) is 42.5 Å². The summed E-state index contributed by atoms with van der Waals surface area (Å²) in [4.78, 5) is 12.0. The molecule has 1 amide bonds. The molecule has 0 aliphatic carbocycles. The van der Waals surface area contributed by atoms with E-state index in [0.29, 0.717) is 18.2 Å². The van der Waals surface area contributed by atoms with Gasteiger partial charge in [0.1, 0.15) is 12.4 Å². The second kappa shape index (κ2) is 8.88. The van der Waals surface area contributed by atoms with Crippen molar-refractivity contribution in [1.29, 1.82) is 0 Å². The molecular weight excluding hydrogens is 338 g/mol. The number of benzene rings is 2. The van der Waals surface area contributed by atoms with Crippen molar-refractivity contribution in [2.24, 2.45) is 0 Å². The number of hydrogen-bond acceptors (Lipinski definition) is 3. The maximum atomic E-state index is 12.0. The lowest BCUT2D eigenvalue weighted by Gasteiger charge is -2.12. The second-order valence-corrected chi connectivity index (χ2v) is 6.54. The quantitative estimate of drug-likeness (QED) is 0.818. The summed E-state index contributed by atoms with van der Waals surface area (Å²) >= 11 is 6.08. The summed E-state index contributed by atoms with van der Waals surface area (Å²) in [6.45, 7) is 1.91. The zero-order chi connectivity index (χ0) is 17.5. The maximum Gasteiger partial charge on any atom is 0.224 e. The Kier molecular flexibility index (Phi) is 6.31. The molecule has 4 nitrogen and oxygen atoms in total. The van der Waals surface area contributed by atoms with Crippen molar-refractivity contribution in [3.8, 4) is 5.75 Å². The molecular formula is C20H22ClNO3. The standard InChI is InChI=1S/C20H22ClNO3/c21-19-6-2-1-4-16(19)12-20(23)22-13-15-7-9-17(10-8-15)25-14-18-5-3-11-24-18/h1-2,4,6-10,18H,3,5,11-14H2,(H,22,23). The molecule has 1 N–H and O–H groups in total. The molecule has 0 bridgehead atoms. The Labute approximate surface area is 153 Å². The molecule has 0 saturated carbocycles. The van der Waals surface area contributed by atoms with E-state index in [9.17, 15) is 4.79 Å². The highest BCUT2D eigenvalue weighted by Crippen LogP contribution is 2.17. The van der Waals surface area contributed by atoms with Crippen molar-refractivity contribution in [2.75, 3.05) is 13.2 Å².